The lowest BCUT2D eigenvalue weighted by molar-refractivity contribution is -0.383. The van der Waals surface area contributed by atoms with E-state index in [0.29, 0.717) is 43.7 Å². The topological polar surface area (TPSA) is 141 Å². The number of halogens is 4. The van der Waals surface area contributed by atoms with E-state index in [2.05, 4.69) is 32.7 Å². The summed E-state index contributed by atoms with van der Waals surface area (Å²) in [5.41, 5.74) is 4.42. The molecule has 47 heavy (non-hydrogen) atoms. The van der Waals surface area contributed by atoms with E-state index in [1.807, 2.05) is 0 Å². The third kappa shape index (κ3) is 7.25. The van der Waals surface area contributed by atoms with Crippen molar-refractivity contribution in [1.82, 2.24) is 9.97 Å². The molecular formula is C34H23Cl4N7O2. The summed E-state index contributed by atoms with van der Waals surface area (Å²) in [6, 6.07) is 25.1. The van der Waals surface area contributed by atoms with Crippen LogP contribution in [0.3, 0.4) is 0 Å². The first-order valence-corrected chi connectivity index (χ1v) is 15.5. The predicted molar refractivity (Wildman–Crippen MR) is 185 cm³/mol. The fraction of sp³-hybridized carbons (Fsp3) is 0.118. The molecule has 2 unspecified atom stereocenters. The maximum Gasteiger partial charge on any atom is 0.353 e. The quantitative estimate of drug-likeness (QED) is 0.114. The summed E-state index contributed by atoms with van der Waals surface area (Å²) >= 11 is 25.3. The Morgan fingerprint density at radius 2 is 1.09 bits per heavy atom. The number of nitrogens with one attached hydrogen (secondary N) is 2. The molecule has 234 valence electrons. The third-order valence-electron chi connectivity index (χ3n) is 7.49. The highest BCUT2D eigenvalue weighted by molar-refractivity contribution is 6.32. The summed E-state index contributed by atoms with van der Waals surface area (Å²) in [7, 11) is 0. The van der Waals surface area contributed by atoms with E-state index in [1.165, 1.54) is 6.33 Å². The molecule has 5 aromatic rings. The zero-order valence-corrected chi connectivity index (χ0v) is 27.7. The Morgan fingerprint density at radius 1 is 0.702 bits per heavy atom. The Kier molecular flexibility index (Phi) is 10.1. The molecule has 2 N–H and O–H groups in total. The van der Waals surface area contributed by atoms with Crippen LogP contribution in [0.4, 0.5) is 28.7 Å². The molecule has 4 aromatic carbocycles. The second kappa shape index (κ2) is 14.3. The van der Waals surface area contributed by atoms with Gasteiger partial charge in [0.1, 0.15) is 6.33 Å². The summed E-state index contributed by atoms with van der Waals surface area (Å²) in [6.45, 7) is 3.58. The minimum atomic E-state index is -0.659. The zero-order chi connectivity index (χ0) is 33.8. The molecule has 5 rings (SSSR count). The first kappa shape index (κ1) is 33.5. The van der Waals surface area contributed by atoms with Gasteiger partial charge in [-0.2, -0.15) is 10.5 Å². The van der Waals surface area contributed by atoms with Crippen LogP contribution in [-0.2, 0) is 0 Å². The molecule has 0 saturated heterocycles. The summed E-state index contributed by atoms with van der Waals surface area (Å²) in [5.74, 6) is -1.48. The van der Waals surface area contributed by atoms with Crippen LogP contribution >= 0.6 is 46.4 Å². The number of nitrogens with zero attached hydrogens (tertiary/aromatic N) is 5. The molecule has 0 bridgehead atoms. The molecule has 0 aliphatic carbocycles. The Bertz CT molecular complexity index is 1940. The van der Waals surface area contributed by atoms with Gasteiger partial charge in [0.15, 0.2) is 0 Å². The maximum absolute atomic E-state index is 12.4. The van der Waals surface area contributed by atoms with Crippen LogP contribution in [0.1, 0.15) is 45.2 Å². The highest BCUT2D eigenvalue weighted by Crippen LogP contribution is 2.40. The van der Waals surface area contributed by atoms with E-state index in [9.17, 15) is 20.6 Å². The number of benzene rings is 4. The number of aromatic nitrogens is 2. The van der Waals surface area contributed by atoms with E-state index in [-0.39, 0.29) is 21.7 Å². The third-order valence-corrected chi connectivity index (χ3v) is 8.64. The van der Waals surface area contributed by atoms with Crippen molar-refractivity contribution in [3.8, 4) is 12.1 Å². The molecule has 0 radical (unpaired) electrons. The minimum Gasteiger partial charge on any atom is -0.334 e. The first-order valence-electron chi connectivity index (χ1n) is 13.9. The summed E-state index contributed by atoms with van der Waals surface area (Å²) in [5, 5.41) is 39.9. The lowest BCUT2D eigenvalue weighted by Crippen LogP contribution is -2.08. The van der Waals surface area contributed by atoms with Crippen LogP contribution in [0.2, 0.25) is 20.1 Å². The van der Waals surface area contributed by atoms with Crippen molar-refractivity contribution in [2.24, 2.45) is 0 Å². The van der Waals surface area contributed by atoms with E-state index in [0.717, 1.165) is 11.1 Å². The number of aryl methyl sites for hydroxylation is 2. The molecule has 0 aliphatic rings. The zero-order valence-electron chi connectivity index (χ0n) is 24.7. The second-order valence-corrected chi connectivity index (χ2v) is 12.2. The van der Waals surface area contributed by atoms with E-state index in [1.54, 1.807) is 86.6 Å². The fourth-order valence-corrected chi connectivity index (χ4v) is 5.86. The largest absolute Gasteiger partial charge is 0.353 e. The van der Waals surface area contributed by atoms with Crippen LogP contribution in [0.15, 0.2) is 79.1 Å². The number of nitriles is 2. The van der Waals surface area contributed by atoms with Crippen LogP contribution in [-0.4, -0.2) is 14.9 Å². The molecule has 0 amide bonds. The van der Waals surface area contributed by atoms with Crippen molar-refractivity contribution in [3.63, 3.8) is 0 Å². The molecule has 0 saturated carbocycles. The van der Waals surface area contributed by atoms with Gasteiger partial charge in [-0.3, -0.25) is 10.1 Å². The second-order valence-electron chi connectivity index (χ2n) is 10.5. The number of hydrogen-bond donors (Lipinski definition) is 2. The van der Waals surface area contributed by atoms with E-state index in [4.69, 9.17) is 46.4 Å². The molecule has 1 aromatic heterocycles. The maximum atomic E-state index is 12.4. The number of nitro groups is 1. The average Bonchev–Trinajstić information content (AvgIpc) is 3.04. The summed E-state index contributed by atoms with van der Waals surface area (Å²) < 4.78 is 0. The first-order chi connectivity index (χ1) is 22.5. The summed E-state index contributed by atoms with van der Waals surface area (Å²) in [4.78, 5) is 20.0. The Labute approximate surface area is 290 Å². The van der Waals surface area contributed by atoms with Crippen LogP contribution in [0.25, 0.3) is 0 Å². The van der Waals surface area contributed by atoms with Gasteiger partial charge in [-0.1, -0.05) is 82.8 Å². The van der Waals surface area contributed by atoms with Gasteiger partial charge in [-0.15, -0.1) is 0 Å². The Balaban J connectivity index is 1.46. The van der Waals surface area contributed by atoms with Gasteiger partial charge in [0.25, 0.3) is 0 Å². The molecule has 0 fully saturated rings. The van der Waals surface area contributed by atoms with Crippen molar-refractivity contribution in [2.75, 3.05) is 10.6 Å². The van der Waals surface area contributed by atoms with Crippen LogP contribution in [0, 0.1) is 46.6 Å². The Morgan fingerprint density at radius 3 is 1.43 bits per heavy atom. The van der Waals surface area contributed by atoms with Crippen molar-refractivity contribution in [2.45, 2.75) is 25.7 Å². The normalized spacial score (nSPS) is 12.0. The van der Waals surface area contributed by atoms with Crippen molar-refractivity contribution >= 4 is 75.1 Å². The van der Waals surface area contributed by atoms with Gasteiger partial charge in [0.2, 0.25) is 11.6 Å². The smallest absolute Gasteiger partial charge is 0.334 e. The standard InChI is InChI=1S/C34H23Cl4N7O2/c1-18-11-24(26(15-39)20-3-7-22(35)8-4-20)28(37)13-30(18)43-33-32(45(46)47)34(42-17-41-33)44-31-14-29(38)25(12-19(31)2)27(16-40)21-5-9-23(36)10-6-21/h3-14,17,26-27H,1-2H3,(H2,41,42,43,44). The lowest BCUT2D eigenvalue weighted by atomic mass is 9.91. The highest BCUT2D eigenvalue weighted by atomic mass is 35.5. The molecule has 1 heterocycles. The average molecular weight is 703 g/mol. The highest BCUT2D eigenvalue weighted by Gasteiger charge is 2.26. The van der Waals surface area contributed by atoms with Gasteiger partial charge in [0, 0.05) is 31.5 Å². The van der Waals surface area contributed by atoms with Crippen LogP contribution < -0.4 is 10.6 Å². The molecule has 2 atom stereocenters. The molecule has 9 nitrogen and oxygen atoms in total. The Hall–Kier alpha value is -4.90. The van der Waals surface area contributed by atoms with Crippen molar-refractivity contribution in [3.05, 3.63) is 143 Å². The SMILES string of the molecule is Cc1cc(C(C#N)c2ccc(Cl)cc2)c(Cl)cc1Nc1ncnc(Nc2cc(Cl)c(C(C#N)c3ccc(Cl)cc3)cc2C)c1[N+](=O)[O-]. The number of hydrogen-bond acceptors (Lipinski definition) is 8. The van der Waals surface area contributed by atoms with Gasteiger partial charge in [-0.05, 0) is 83.6 Å². The number of anilines is 4. The fourth-order valence-electron chi connectivity index (χ4n) is 5.07. The van der Waals surface area contributed by atoms with Crippen LogP contribution in [0.5, 0.6) is 0 Å². The van der Waals surface area contributed by atoms with E-state index >= 15 is 0 Å². The monoisotopic (exact) mass is 701 g/mol. The lowest BCUT2D eigenvalue weighted by Gasteiger charge is -2.18. The van der Waals surface area contributed by atoms with E-state index < -0.39 is 22.4 Å². The van der Waals surface area contributed by atoms with Gasteiger partial charge < -0.3 is 10.6 Å². The molecule has 0 aliphatic heterocycles. The molecular weight excluding hydrogens is 680 g/mol. The predicted octanol–water partition coefficient (Wildman–Crippen LogP) is 10.4. The number of rotatable bonds is 9. The summed E-state index contributed by atoms with van der Waals surface area (Å²) in [6.07, 6.45) is 1.19. The molecule has 0 spiro atoms. The minimum absolute atomic E-state index is 0.0818. The molecule has 13 heteroatoms. The van der Waals surface area contributed by atoms with Crippen molar-refractivity contribution in [1.29, 1.82) is 10.5 Å². The van der Waals surface area contributed by atoms with Gasteiger partial charge >= 0.3 is 5.69 Å². The van der Waals surface area contributed by atoms with Crippen molar-refractivity contribution < 1.29 is 4.92 Å². The van der Waals surface area contributed by atoms with Gasteiger partial charge in [0.05, 0.1) is 28.9 Å². The van der Waals surface area contributed by atoms with Gasteiger partial charge in [-0.25, -0.2) is 9.97 Å².